The molecule has 1 aromatic heterocycles. The lowest BCUT2D eigenvalue weighted by Crippen LogP contribution is -2.40. The highest BCUT2D eigenvalue weighted by atomic mass is 79.9. The van der Waals surface area contributed by atoms with Crippen LogP contribution in [0.15, 0.2) is 15.9 Å². The lowest BCUT2D eigenvalue weighted by Gasteiger charge is -2.31. The molecule has 0 radical (unpaired) electrons. The molecule has 1 aromatic rings. The highest BCUT2D eigenvalue weighted by Gasteiger charge is 2.24. The second-order valence-corrected chi connectivity index (χ2v) is 6.94. The molecule has 110 valence electrons. The van der Waals surface area contributed by atoms with E-state index in [1.165, 1.54) is 4.88 Å². The van der Waals surface area contributed by atoms with E-state index >= 15 is 0 Å². The summed E-state index contributed by atoms with van der Waals surface area (Å²) in [5.74, 6) is 0. The molecule has 0 aromatic carbocycles. The summed E-state index contributed by atoms with van der Waals surface area (Å²) in [7, 11) is 2.12. The molecule has 0 aliphatic heterocycles. The van der Waals surface area contributed by atoms with Gasteiger partial charge in [0.25, 0.3) is 0 Å². The van der Waals surface area contributed by atoms with Crippen LogP contribution in [0.2, 0.25) is 0 Å². The Labute approximate surface area is 129 Å². The Morgan fingerprint density at radius 2 is 2.16 bits per heavy atom. The van der Waals surface area contributed by atoms with Gasteiger partial charge in [-0.05, 0) is 49.3 Å². The fraction of sp³-hybridized carbons (Fsp3) is 0.714. The highest BCUT2D eigenvalue weighted by Crippen LogP contribution is 2.31. The molecule has 0 amide bonds. The zero-order chi connectivity index (χ0) is 14.4. The lowest BCUT2D eigenvalue weighted by atomic mass is 10.0. The Hall–Kier alpha value is 0.0600. The predicted molar refractivity (Wildman–Crippen MR) is 86.7 cm³/mol. The average molecular weight is 349 g/mol. The molecule has 0 saturated heterocycles. The molecular formula is C14H25BrN2OS. The first-order valence-corrected chi connectivity index (χ1v) is 8.44. The van der Waals surface area contributed by atoms with Crippen LogP contribution < -0.4 is 5.73 Å². The van der Waals surface area contributed by atoms with Gasteiger partial charge in [-0.1, -0.05) is 6.92 Å². The van der Waals surface area contributed by atoms with Gasteiger partial charge in [0.05, 0.1) is 18.8 Å². The van der Waals surface area contributed by atoms with Crippen molar-refractivity contribution >= 4 is 27.3 Å². The van der Waals surface area contributed by atoms with E-state index in [9.17, 15) is 0 Å². The van der Waals surface area contributed by atoms with Gasteiger partial charge >= 0.3 is 0 Å². The fourth-order valence-electron chi connectivity index (χ4n) is 2.03. The first kappa shape index (κ1) is 17.1. The Morgan fingerprint density at radius 3 is 2.63 bits per heavy atom. The quantitative estimate of drug-likeness (QED) is 0.779. The van der Waals surface area contributed by atoms with Gasteiger partial charge < -0.3 is 10.5 Å². The van der Waals surface area contributed by atoms with Gasteiger partial charge in [-0.2, -0.15) is 0 Å². The molecule has 0 saturated carbocycles. The van der Waals surface area contributed by atoms with Gasteiger partial charge in [-0.3, -0.25) is 4.90 Å². The second kappa shape index (κ2) is 8.37. The summed E-state index contributed by atoms with van der Waals surface area (Å²) < 4.78 is 6.76. The van der Waals surface area contributed by atoms with Crippen LogP contribution in [0.3, 0.4) is 0 Å². The van der Waals surface area contributed by atoms with E-state index in [1.807, 2.05) is 0 Å². The molecule has 0 aliphatic rings. The van der Waals surface area contributed by atoms with Gasteiger partial charge in [-0.25, -0.2) is 0 Å². The van der Waals surface area contributed by atoms with Crippen molar-refractivity contribution in [1.29, 1.82) is 0 Å². The third-order valence-electron chi connectivity index (χ3n) is 3.13. The average Bonchev–Trinajstić information content (AvgIpc) is 2.75. The van der Waals surface area contributed by atoms with Crippen molar-refractivity contribution in [2.45, 2.75) is 45.4 Å². The maximum atomic E-state index is 6.30. The summed E-state index contributed by atoms with van der Waals surface area (Å²) in [6.45, 7) is 7.90. The molecule has 2 unspecified atom stereocenters. The number of rotatable bonds is 8. The Kier molecular flexibility index (Phi) is 7.54. The standard InChI is InChI=1S/C14H25BrN2OS/c1-5-12(16)14(13-8-11(15)9-19-13)17(4)6-7-18-10(2)3/h8-10,12,14H,5-7,16H2,1-4H3. The first-order chi connectivity index (χ1) is 8.95. The number of nitrogens with two attached hydrogens (primary N) is 1. The van der Waals surface area contributed by atoms with Crippen molar-refractivity contribution in [3.63, 3.8) is 0 Å². The lowest BCUT2D eigenvalue weighted by molar-refractivity contribution is 0.0531. The van der Waals surface area contributed by atoms with Gasteiger partial charge in [-0.15, -0.1) is 11.3 Å². The van der Waals surface area contributed by atoms with Crippen molar-refractivity contribution in [1.82, 2.24) is 4.90 Å². The van der Waals surface area contributed by atoms with Crippen LogP contribution in [0.5, 0.6) is 0 Å². The SMILES string of the molecule is CCC(N)C(c1cc(Br)cs1)N(C)CCOC(C)C. The minimum atomic E-state index is 0.148. The van der Waals surface area contributed by atoms with Crippen LogP contribution in [0.1, 0.15) is 38.1 Å². The Balaban J connectivity index is 2.68. The molecule has 1 rings (SSSR count). The number of likely N-dealkylation sites (N-methyl/N-ethyl adjacent to an activating group) is 1. The molecule has 0 spiro atoms. The maximum Gasteiger partial charge on any atom is 0.0597 e. The molecule has 2 N–H and O–H groups in total. The van der Waals surface area contributed by atoms with Gasteiger partial charge in [0.15, 0.2) is 0 Å². The van der Waals surface area contributed by atoms with E-state index in [4.69, 9.17) is 10.5 Å². The van der Waals surface area contributed by atoms with E-state index in [0.29, 0.717) is 0 Å². The number of halogens is 1. The van der Waals surface area contributed by atoms with Crippen molar-refractivity contribution < 1.29 is 4.74 Å². The zero-order valence-electron chi connectivity index (χ0n) is 12.2. The van der Waals surface area contributed by atoms with Gasteiger partial charge in [0.1, 0.15) is 0 Å². The number of nitrogens with zero attached hydrogens (tertiary/aromatic N) is 1. The monoisotopic (exact) mass is 348 g/mol. The van der Waals surface area contributed by atoms with Crippen molar-refractivity contribution in [3.8, 4) is 0 Å². The molecule has 0 aliphatic carbocycles. The largest absolute Gasteiger partial charge is 0.377 e. The molecule has 5 heteroatoms. The third kappa shape index (κ3) is 5.52. The fourth-order valence-corrected chi connectivity index (χ4v) is 3.72. The normalized spacial score (nSPS) is 15.2. The maximum absolute atomic E-state index is 6.30. The number of hydrogen-bond donors (Lipinski definition) is 1. The summed E-state index contributed by atoms with van der Waals surface area (Å²) >= 11 is 5.28. The predicted octanol–water partition coefficient (Wildman–Crippen LogP) is 3.65. The minimum absolute atomic E-state index is 0.148. The Bertz CT molecular complexity index is 370. The molecule has 1 heterocycles. The van der Waals surface area contributed by atoms with E-state index in [-0.39, 0.29) is 18.2 Å². The molecule has 0 fully saturated rings. The summed E-state index contributed by atoms with van der Waals surface area (Å²) in [6.07, 6.45) is 1.25. The van der Waals surface area contributed by atoms with Crippen LogP contribution in [-0.4, -0.2) is 37.2 Å². The van der Waals surface area contributed by atoms with Crippen LogP contribution >= 0.6 is 27.3 Å². The number of thiophene rings is 1. The second-order valence-electron chi connectivity index (χ2n) is 5.08. The van der Waals surface area contributed by atoms with Crippen molar-refractivity contribution in [2.75, 3.05) is 20.2 Å². The molecule has 0 bridgehead atoms. The van der Waals surface area contributed by atoms with Gasteiger partial charge in [0, 0.05) is 27.3 Å². The van der Waals surface area contributed by atoms with E-state index < -0.39 is 0 Å². The summed E-state index contributed by atoms with van der Waals surface area (Å²) in [5.41, 5.74) is 6.30. The van der Waals surface area contributed by atoms with E-state index in [2.05, 4.69) is 60.1 Å². The van der Waals surface area contributed by atoms with Crippen LogP contribution in [0, 0.1) is 0 Å². The van der Waals surface area contributed by atoms with E-state index in [0.717, 1.165) is 24.0 Å². The topological polar surface area (TPSA) is 38.5 Å². The van der Waals surface area contributed by atoms with Crippen LogP contribution in [0.4, 0.5) is 0 Å². The smallest absolute Gasteiger partial charge is 0.0597 e. The molecule has 2 atom stereocenters. The molecular weight excluding hydrogens is 324 g/mol. The van der Waals surface area contributed by atoms with Crippen molar-refractivity contribution in [2.24, 2.45) is 5.73 Å². The first-order valence-electron chi connectivity index (χ1n) is 6.77. The van der Waals surface area contributed by atoms with Crippen molar-refractivity contribution in [3.05, 3.63) is 20.8 Å². The summed E-state index contributed by atoms with van der Waals surface area (Å²) in [5, 5.41) is 2.11. The van der Waals surface area contributed by atoms with Crippen LogP contribution in [0.25, 0.3) is 0 Å². The molecule has 3 nitrogen and oxygen atoms in total. The number of hydrogen-bond acceptors (Lipinski definition) is 4. The minimum Gasteiger partial charge on any atom is -0.377 e. The van der Waals surface area contributed by atoms with E-state index in [1.54, 1.807) is 11.3 Å². The zero-order valence-corrected chi connectivity index (χ0v) is 14.6. The summed E-state index contributed by atoms with van der Waals surface area (Å²) in [4.78, 5) is 3.61. The van der Waals surface area contributed by atoms with Gasteiger partial charge in [0.2, 0.25) is 0 Å². The summed E-state index contributed by atoms with van der Waals surface area (Å²) in [6, 6.07) is 2.58. The third-order valence-corrected chi connectivity index (χ3v) is 4.89. The Morgan fingerprint density at radius 1 is 1.47 bits per heavy atom. The molecule has 19 heavy (non-hydrogen) atoms. The van der Waals surface area contributed by atoms with Crippen LogP contribution in [-0.2, 0) is 4.74 Å². The highest BCUT2D eigenvalue weighted by molar-refractivity contribution is 9.10. The number of ether oxygens (including phenoxy) is 1.